The Morgan fingerprint density at radius 2 is 1.83 bits per heavy atom. The molecule has 2 heterocycles. The van der Waals surface area contributed by atoms with Crippen LogP contribution in [0.15, 0.2) is 47.4 Å². The van der Waals surface area contributed by atoms with Gasteiger partial charge in [-0.05, 0) is 74.5 Å². The van der Waals surface area contributed by atoms with Gasteiger partial charge in [-0.2, -0.15) is 13.2 Å². The maximum Gasteiger partial charge on any atom is 0.416 e. The van der Waals surface area contributed by atoms with Crippen molar-refractivity contribution in [1.29, 1.82) is 0 Å². The molecule has 0 spiro atoms. The lowest BCUT2D eigenvalue weighted by molar-refractivity contribution is -0.385. The summed E-state index contributed by atoms with van der Waals surface area (Å²) in [6.45, 7) is 4.45. The number of aromatic nitrogens is 1. The summed E-state index contributed by atoms with van der Waals surface area (Å²) >= 11 is 0.613. The van der Waals surface area contributed by atoms with E-state index >= 15 is 0 Å². The minimum Gasteiger partial charge on any atom is -0.495 e. The van der Waals surface area contributed by atoms with Crippen molar-refractivity contribution in [3.63, 3.8) is 0 Å². The standard InChI is InChI=1S/C27H23F3N4O6S/c1-14-5-7-19(12-21(14)34(38)39)33-15(2)9-17(16(33)3)10-23-25(36)32(26(37)41-23)13-24(35)31-20-11-18(27(28,29)30)6-8-22(20)40-4/h5-12H,13H2,1-4H3,(H,31,35)/b23-10-. The predicted molar refractivity (Wildman–Crippen MR) is 146 cm³/mol. The number of rotatable bonds is 7. The summed E-state index contributed by atoms with van der Waals surface area (Å²) in [5.74, 6) is -1.68. The number of imide groups is 1. The number of methoxy groups -OCH3 is 1. The molecular weight excluding hydrogens is 565 g/mol. The van der Waals surface area contributed by atoms with E-state index in [2.05, 4.69) is 5.32 Å². The lowest BCUT2D eigenvalue weighted by Gasteiger charge is -2.16. The fourth-order valence-corrected chi connectivity index (χ4v) is 5.19. The highest BCUT2D eigenvalue weighted by molar-refractivity contribution is 8.18. The lowest BCUT2D eigenvalue weighted by Crippen LogP contribution is -2.36. The van der Waals surface area contributed by atoms with Crippen LogP contribution in [0.25, 0.3) is 11.8 Å². The number of amides is 3. The Hall–Kier alpha value is -4.59. The lowest BCUT2D eigenvalue weighted by atomic mass is 10.1. The maximum absolute atomic E-state index is 13.1. The second-order valence-corrected chi connectivity index (χ2v) is 10.1. The SMILES string of the molecule is COc1ccc(C(F)(F)F)cc1NC(=O)CN1C(=O)S/C(=C\c2cc(C)n(-c3ccc(C)c([N+](=O)[O-])c3)c2C)C1=O. The molecule has 41 heavy (non-hydrogen) atoms. The number of nitrogens with zero attached hydrogens (tertiary/aromatic N) is 3. The molecule has 0 bridgehead atoms. The Morgan fingerprint density at radius 3 is 2.46 bits per heavy atom. The van der Waals surface area contributed by atoms with Crippen LogP contribution in [0.4, 0.5) is 29.3 Å². The second-order valence-electron chi connectivity index (χ2n) is 9.12. The molecule has 14 heteroatoms. The maximum atomic E-state index is 13.1. The number of anilines is 1. The van der Waals surface area contributed by atoms with Gasteiger partial charge >= 0.3 is 6.18 Å². The summed E-state index contributed by atoms with van der Waals surface area (Å²) in [5.41, 5.74) is 1.69. The van der Waals surface area contributed by atoms with E-state index in [-0.39, 0.29) is 22.0 Å². The van der Waals surface area contributed by atoms with Crippen LogP contribution in [0.2, 0.25) is 0 Å². The van der Waals surface area contributed by atoms with Gasteiger partial charge in [0.1, 0.15) is 12.3 Å². The number of hydrogen-bond acceptors (Lipinski definition) is 7. The smallest absolute Gasteiger partial charge is 0.416 e. The summed E-state index contributed by atoms with van der Waals surface area (Å²) in [4.78, 5) is 49.9. The quantitative estimate of drug-likeness (QED) is 0.204. The first-order chi connectivity index (χ1) is 19.2. The number of nitrogens with one attached hydrogen (secondary N) is 1. The largest absolute Gasteiger partial charge is 0.495 e. The van der Waals surface area contributed by atoms with Crippen molar-refractivity contribution in [2.75, 3.05) is 19.0 Å². The monoisotopic (exact) mass is 588 g/mol. The minimum absolute atomic E-state index is 0.0327. The second kappa shape index (κ2) is 11.1. The summed E-state index contributed by atoms with van der Waals surface area (Å²) in [6.07, 6.45) is -3.17. The van der Waals surface area contributed by atoms with Crippen LogP contribution < -0.4 is 10.1 Å². The summed E-state index contributed by atoms with van der Waals surface area (Å²) in [6, 6.07) is 9.12. The van der Waals surface area contributed by atoms with Crippen molar-refractivity contribution in [3.8, 4) is 11.4 Å². The number of alkyl halides is 3. The van der Waals surface area contributed by atoms with Crippen molar-refractivity contribution in [2.45, 2.75) is 26.9 Å². The average molecular weight is 589 g/mol. The molecular formula is C27H23F3N4O6S. The molecule has 3 amide bonds. The molecule has 4 rings (SSSR count). The number of aryl methyl sites for hydroxylation is 2. The third kappa shape index (κ3) is 5.96. The van der Waals surface area contributed by atoms with Crippen LogP contribution >= 0.6 is 11.8 Å². The Labute approximate surface area is 235 Å². The average Bonchev–Trinajstić information content (AvgIpc) is 3.32. The van der Waals surface area contributed by atoms with Gasteiger partial charge in [0.25, 0.3) is 16.8 Å². The van der Waals surface area contributed by atoms with E-state index in [0.29, 0.717) is 45.2 Å². The molecule has 2 aromatic carbocycles. The first kappa shape index (κ1) is 29.4. The van der Waals surface area contributed by atoms with Crippen LogP contribution in [0, 0.1) is 30.9 Å². The molecule has 1 saturated heterocycles. The van der Waals surface area contributed by atoms with E-state index in [1.54, 1.807) is 43.5 Å². The van der Waals surface area contributed by atoms with Crippen LogP contribution in [-0.2, 0) is 15.8 Å². The molecule has 1 fully saturated rings. The van der Waals surface area contributed by atoms with Crippen LogP contribution in [0.3, 0.4) is 0 Å². The van der Waals surface area contributed by atoms with Crippen molar-refractivity contribution in [3.05, 3.63) is 85.6 Å². The van der Waals surface area contributed by atoms with Gasteiger partial charge in [0.15, 0.2) is 0 Å². The van der Waals surface area contributed by atoms with E-state index in [1.165, 1.54) is 19.3 Å². The molecule has 1 aliphatic heterocycles. The van der Waals surface area contributed by atoms with Crippen molar-refractivity contribution in [1.82, 2.24) is 9.47 Å². The number of carbonyl (C=O) groups is 3. The third-order valence-corrected chi connectivity index (χ3v) is 7.29. The van der Waals surface area contributed by atoms with Gasteiger partial charge in [0, 0.05) is 23.0 Å². The van der Waals surface area contributed by atoms with E-state index < -0.39 is 40.3 Å². The van der Waals surface area contributed by atoms with Crippen molar-refractivity contribution < 1.29 is 37.2 Å². The fourth-order valence-electron chi connectivity index (χ4n) is 4.36. The molecule has 0 radical (unpaired) electrons. The first-order valence-electron chi connectivity index (χ1n) is 12.0. The van der Waals surface area contributed by atoms with Crippen molar-refractivity contribution >= 4 is 46.3 Å². The fraction of sp³-hybridized carbons (Fsp3) is 0.222. The van der Waals surface area contributed by atoms with Gasteiger partial charge < -0.3 is 14.6 Å². The Balaban J connectivity index is 1.55. The molecule has 1 aliphatic rings. The number of thioether (sulfide) groups is 1. The first-order valence-corrected chi connectivity index (χ1v) is 12.8. The highest BCUT2D eigenvalue weighted by Gasteiger charge is 2.37. The van der Waals surface area contributed by atoms with Crippen LogP contribution in [-0.4, -0.2) is 45.1 Å². The van der Waals surface area contributed by atoms with Gasteiger partial charge in [-0.25, -0.2) is 0 Å². The van der Waals surface area contributed by atoms with E-state index in [0.717, 1.165) is 17.8 Å². The number of halogens is 3. The summed E-state index contributed by atoms with van der Waals surface area (Å²) in [7, 11) is 1.22. The molecule has 0 unspecified atom stereocenters. The van der Waals surface area contributed by atoms with Crippen molar-refractivity contribution in [2.24, 2.45) is 0 Å². The highest BCUT2D eigenvalue weighted by Crippen LogP contribution is 2.36. The zero-order valence-electron chi connectivity index (χ0n) is 22.2. The van der Waals surface area contributed by atoms with E-state index in [1.807, 2.05) is 0 Å². The Morgan fingerprint density at radius 1 is 1.12 bits per heavy atom. The third-order valence-electron chi connectivity index (χ3n) is 6.38. The number of benzene rings is 2. The zero-order valence-corrected chi connectivity index (χ0v) is 23.0. The zero-order chi connectivity index (χ0) is 30.2. The molecule has 10 nitrogen and oxygen atoms in total. The van der Waals surface area contributed by atoms with Gasteiger partial charge in [0.05, 0.1) is 33.9 Å². The van der Waals surface area contributed by atoms with Gasteiger partial charge in [-0.3, -0.25) is 29.4 Å². The number of nitro groups is 1. The van der Waals surface area contributed by atoms with Crippen LogP contribution in [0.5, 0.6) is 5.75 Å². The molecule has 0 aliphatic carbocycles. The molecule has 0 saturated carbocycles. The molecule has 214 valence electrons. The summed E-state index contributed by atoms with van der Waals surface area (Å²) in [5, 5.41) is 12.9. The number of hydrogen-bond donors (Lipinski definition) is 1. The number of nitro benzene ring substituents is 1. The summed E-state index contributed by atoms with van der Waals surface area (Å²) < 4.78 is 46.2. The number of ether oxygens (including phenoxy) is 1. The van der Waals surface area contributed by atoms with Gasteiger partial charge in [0.2, 0.25) is 5.91 Å². The molecule has 1 N–H and O–H groups in total. The predicted octanol–water partition coefficient (Wildman–Crippen LogP) is 6.01. The van der Waals surface area contributed by atoms with Gasteiger partial charge in [-0.1, -0.05) is 6.07 Å². The van der Waals surface area contributed by atoms with Crippen LogP contribution in [0.1, 0.15) is 28.1 Å². The molecule has 3 aromatic rings. The minimum atomic E-state index is -4.66. The number of carbonyl (C=O) groups excluding carboxylic acids is 3. The topological polar surface area (TPSA) is 124 Å². The van der Waals surface area contributed by atoms with E-state index in [4.69, 9.17) is 4.74 Å². The van der Waals surface area contributed by atoms with Gasteiger partial charge in [-0.15, -0.1) is 0 Å². The normalized spacial score (nSPS) is 14.6. The molecule has 0 atom stereocenters. The highest BCUT2D eigenvalue weighted by atomic mass is 32.2. The van der Waals surface area contributed by atoms with E-state index in [9.17, 15) is 37.7 Å². The molecule has 1 aromatic heterocycles. The Kier molecular flexibility index (Phi) is 7.97. The Bertz CT molecular complexity index is 1630.